The van der Waals surface area contributed by atoms with Gasteiger partial charge in [-0.3, -0.25) is 14.6 Å². The Balaban J connectivity index is 1.42. The van der Waals surface area contributed by atoms with Gasteiger partial charge in [0, 0.05) is 24.7 Å². The van der Waals surface area contributed by atoms with Crippen molar-refractivity contribution in [3.63, 3.8) is 0 Å². The number of aromatic nitrogens is 2. The van der Waals surface area contributed by atoms with Gasteiger partial charge in [0.15, 0.2) is 5.76 Å². The lowest BCUT2D eigenvalue weighted by Gasteiger charge is -2.04. The molecular formula is C20H19N3O3. The molecule has 0 aliphatic heterocycles. The average molecular weight is 349 g/mol. The molecule has 1 aromatic carbocycles. The Kier molecular flexibility index (Phi) is 5.88. The number of benzene rings is 1. The van der Waals surface area contributed by atoms with Crippen molar-refractivity contribution in [2.75, 3.05) is 5.32 Å². The quantitative estimate of drug-likeness (QED) is 0.488. The van der Waals surface area contributed by atoms with Gasteiger partial charge in [0.2, 0.25) is 11.7 Å². The van der Waals surface area contributed by atoms with Gasteiger partial charge in [-0.2, -0.15) is 0 Å². The van der Waals surface area contributed by atoms with Crippen LogP contribution in [0.5, 0.6) is 0 Å². The van der Waals surface area contributed by atoms with Gasteiger partial charge in [-0.1, -0.05) is 24.3 Å². The van der Waals surface area contributed by atoms with Gasteiger partial charge in [0.05, 0.1) is 6.20 Å². The molecule has 0 aliphatic carbocycles. The highest BCUT2D eigenvalue weighted by atomic mass is 16.4. The number of rotatable bonds is 8. The first kappa shape index (κ1) is 17.5. The fourth-order valence-corrected chi connectivity index (χ4v) is 2.45. The number of hydrogen-bond acceptors (Lipinski definition) is 5. The minimum Gasteiger partial charge on any atom is -0.432 e. The number of pyridine rings is 1. The van der Waals surface area contributed by atoms with E-state index in [9.17, 15) is 9.59 Å². The van der Waals surface area contributed by atoms with Crippen LogP contribution in [0.2, 0.25) is 0 Å². The monoisotopic (exact) mass is 349 g/mol. The molecule has 2 heterocycles. The molecule has 6 heteroatoms. The molecule has 2 aromatic heterocycles. The standard InChI is InChI=1S/C20H19N3O3/c24-17(20-22-14-18(26-20)16-10-6-7-13-21-16)11-4-5-12-19(25)23-15-8-2-1-3-9-15/h1-3,6-10,13-14H,4-5,11-12H2,(H,23,25). The van der Waals surface area contributed by atoms with Crippen LogP contribution in [0.25, 0.3) is 11.5 Å². The molecule has 0 radical (unpaired) electrons. The number of anilines is 1. The van der Waals surface area contributed by atoms with Crippen LogP contribution in [0, 0.1) is 0 Å². The molecule has 0 saturated heterocycles. The van der Waals surface area contributed by atoms with Crippen LogP contribution in [0.1, 0.15) is 36.4 Å². The first-order valence-corrected chi connectivity index (χ1v) is 8.48. The Hall–Kier alpha value is -3.28. The number of ketones is 1. The summed E-state index contributed by atoms with van der Waals surface area (Å²) < 4.78 is 5.49. The van der Waals surface area contributed by atoms with Crippen molar-refractivity contribution in [3.05, 3.63) is 66.8 Å². The fourth-order valence-electron chi connectivity index (χ4n) is 2.45. The molecule has 0 saturated carbocycles. The number of oxazole rings is 1. The molecule has 0 fully saturated rings. The lowest BCUT2D eigenvalue weighted by Crippen LogP contribution is -2.11. The summed E-state index contributed by atoms with van der Waals surface area (Å²) in [4.78, 5) is 32.2. The van der Waals surface area contributed by atoms with Crippen molar-refractivity contribution < 1.29 is 14.0 Å². The van der Waals surface area contributed by atoms with Gasteiger partial charge in [0.1, 0.15) is 5.69 Å². The average Bonchev–Trinajstić information content (AvgIpc) is 3.17. The minimum atomic E-state index is -0.171. The Morgan fingerprint density at radius 2 is 1.69 bits per heavy atom. The number of nitrogens with one attached hydrogen (secondary N) is 1. The van der Waals surface area contributed by atoms with Crippen LogP contribution in [-0.2, 0) is 4.79 Å². The van der Waals surface area contributed by atoms with E-state index >= 15 is 0 Å². The molecule has 1 N–H and O–H groups in total. The Bertz CT molecular complexity index is 860. The van der Waals surface area contributed by atoms with Gasteiger partial charge >= 0.3 is 0 Å². The van der Waals surface area contributed by atoms with Crippen molar-refractivity contribution in [1.82, 2.24) is 9.97 Å². The van der Waals surface area contributed by atoms with E-state index in [-0.39, 0.29) is 17.6 Å². The van der Waals surface area contributed by atoms with Crippen molar-refractivity contribution in [2.45, 2.75) is 25.7 Å². The van der Waals surface area contributed by atoms with Crippen LogP contribution >= 0.6 is 0 Å². The third kappa shape index (κ3) is 4.86. The first-order valence-electron chi connectivity index (χ1n) is 8.48. The molecule has 132 valence electrons. The maximum Gasteiger partial charge on any atom is 0.263 e. The van der Waals surface area contributed by atoms with Gasteiger partial charge in [-0.15, -0.1) is 0 Å². The van der Waals surface area contributed by atoms with E-state index in [4.69, 9.17) is 4.42 Å². The number of nitrogens with zero attached hydrogens (tertiary/aromatic N) is 2. The van der Waals surface area contributed by atoms with E-state index in [0.717, 1.165) is 5.69 Å². The first-order chi connectivity index (χ1) is 12.7. The van der Waals surface area contributed by atoms with Crippen LogP contribution in [0.4, 0.5) is 5.69 Å². The van der Waals surface area contributed by atoms with Gasteiger partial charge < -0.3 is 9.73 Å². The summed E-state index contributed by atoms with van der Waals surface area (Å²) in [5.41, 5.74) is 1.41. The second-order valence-corrected chi connectivity index (χ2v) is 5.79. The minimum absolute atomic E-state index is 0.0581. The van der Waals surface area contributed by atoms with Crippen LogP contribution < -0.4 is 5.32 Å². The summed E-state index contributed by atoms with van der Waals surface area (Å²) in [6.07, 6.45) is 5.04. The Labute approximate surface area is 151 Å². The maximum atomic E-state index is 12.1. The third-order valence-corrected chi connectivity index (χ3v) is 3.78. The molecule has 0 bridgehead atoms. The number of hydrogen-bond donors (Lipinski definition) is 1. The van der Waals surface area contributed by atoms with Crippen molar-refractivity contribution in [2.24, 2.45) is 0 Å². The summed E-state index contributed by atoms with van der Waals surface area (Å²) in [5.74, 6) is 0.323. The van der Waals surface area contributed by atoms with E-state index in [0.29, 0.717) is 37.1 Å². The number of para-hydroxylation sites is 1. The highest BCUT2D eigenvalue weighted by Crippen LogP contribution is 2.18. The second kappa shape index (κ2) is 8.71. The number of amides is 1. The lowest BCUT2D eigenvalue weighted by atomic mass is 10.1. The highest BCUT2D eigenvalue weighted by Gasteiger charge is 2.14. The highest BCUT2D eigenvalue weighted by molar-refractivity contribution is 5.92. The zero-order chi connectivity index (χ0) is 18.2. The molecule has 6 nitrogen and oxygen atoms in total. The zero-order valence-corrected chi connectivity index (χ0v) is 14.2. The molecule has 0 unspecified atom stereocenters. The number of unbranched alkanes of at least 4 members (excludes halogenated alkanes) is 1. The largest absolute Gasteiger partial charge is 0.432 e. The molecule has 0 spiro atoms. The van der Waals surface area contributed by atoms with E-state index in [2.05, 4.69) is 15.3 Å². The number of carbonyl (C=O) groups is 2. The van der Waals surface area contributed by atoms with Crippen molar-refractivity contribution in [3.8, 4) is 11.5 Å². The van der Waals surface area contributed by atoms with Crippen molar-refractivity contribution in [1.29, 1.82) is 0 Å². The van der Waals surface area contributed by atoms with E-state index in [1.54, 1.807) is 18.3 Å². The number of carbonyl (C=O) groups excluding carboxylic acids is 2. The predicted octanol–water partition coefficient (Wildman–Crippen LogP) is 4.12. The van der Waals surface area contributed by atoms with Gasteiger partial charge in [-0.25, -0.2) is 4.98 Å². The van der Waals surface area contributed by atoms with Crippen LogP contribution in [0.3, 0.4) is 0 Å². The van der Waals surface area contributed by atoms with E-state index in [1.807, 2.05) is 36.4 Å². The third-order valence-electron chi connectivity index (χ3n) is 3.78. The molecule has 3 rings (SSSR count). The maximum absolute atomic E-state index is 12.1. The molecular weight excluding hydrogens is 330 g/mol. The van der Waals surface area contributed by atoms with Crippen LogP contribution in [0.15, 0.2) is 65.3 Å². The molecule has 26 heavy (non-hydrogen) atoms. The van der Waals surface area contributed by atoms with Gasteiger partial charge in [0.25, 0.3) is 5.89 Å². The Morgan fingerprint density at radius 1 is 0.923 bits per heavy atom. The Morgan fingerprint density at radius 3 is 2.46 bits per heavy atom. The van der Waals surface area contributed by atoms with E-state index < -0.39 is 0 Å². The zero-order valence-electron chi connectivity index (χ0n) is 14.2. The fraction of sp³-hybridized carbons (Fsp3) is 0.200. The predicted molar refractivity (Wildman–Crippen MR) is 97.6 cm³/mol. The van der Waals surface area contributed by atoms with Crippen LogP contribution in [-0.4, -0.2) is 21.7 Å². The summed E-state index contributed by atoms with van der Waals surface area (Å²) in [5, 5.41) is 2.82. The normalized spacial score (nSPS) is 10.5. The topological polar surface area (TPSA) is 85.1 Å². The smallest absolute Gasteiger partial charge is 0.263 e. The summed E-state index contributed by atoms with van der Waals surface area (Å²) >= 11 is 0. The van der Waals surface area contributed by atoms with Gasteiger partial charge in [-0.05, 0) is 37.1 Å². The van der Waals surface area contributed by atoms with E-state index in [1.165, 1.54) is 6.20 Å². The molecule has 3 aromatic rings. The molecule has 0 atom stereocenters. The second-order valence-electron chi connectivity index (χ2n) is 5.79. The molecule has 0 aliphatic rings. The summed E-state index contributed by atoms with van der Waals surface area (Å²) in [6, 6.07) is 14.7. The molecule has 1 amide bonds. The SMILES string of the molecule is O=C(CCCCC(=O)c1ncc(-c2ccccn2)o1)Nc1ccccc1. The lowest BCUT2D eigenvalue weighted by molar-refractivity contribution is -0.116. The summed E-state index contributed by atoms with van der Waals surface area (Å²) in [7, 11) is 0. The van der Waals surface area contributed by atoms with Crippen molar-refractivity contribution >= 4 is 17.4 Å². The number of Topliss-reactive ketones (excluding diaryl/α,β-unsaturated/α-hetero) is 1. The summed E-state index contributed by atoms with van der Waals surface area (Å²) in [6.45, 7) is 0.